The van der Waals surface area contributed by atoms with E-state index in [9.17, 15) is 4.79 Å². The second-order valence-electron chi connectivity index (χ2n) is 5.50. The monoisotopic (exact) mass is 283 g/mol. The van der Waals surface area contributed by atoms with Crippen molar-refractivity contribution in [2.45, 2.75) is 45.5 Å². The first kappa shape index (κ1) is 14.6. The van der Waals surface area contributed by atoms with Crippen LogP contribution in [0.2, 0.25) is 0 Å². The third-order valence-electron chi connectivity index (χ3n) is 4.17. The molecule has 2 rings (SSSR count). The van der Waals surface area contributed by atoms with Gasteiger partial charge in [0.05, 0.1) is 12.0 Å². The topological polar surface area (TPSA) is 31.2 Å². The lowest BCUT2D eigenvalue weighted by Crippen LogP contribution is -2.20. The third kappa shape index (κ3) is 2.72. The van der Waals surface area contributed by atoms with E-state index in [0.717, 1.165) is 36.6 Å². The van der Waals surface area contributed by atoms with Gasteiger partial charge in [0.1, 0.15) is 0 Å². The van der Waals surface area contributed by atoms with Crippen LogP contribution in [0.3, 0.4) is 0 Å². The minimum atomic E-state index is -0.473. The van der Waals surface area contributed by atoms with Crippen LogP contribution in [0.25, 0.3) is 0 Å². The number of ether oxygens (including phenoxy) is 1. The van der Waals surface area contributed by atoms with Gasteiger partial charge in [-0.3, -0.25) is 4.79 Å². The number of alkyl halides is 1. The highest BCUT2D eigenvalue weighted by Crippen LogP contribution is 2.30. The summed E-state index contributed by atoms with van der Waals surface area (Å²) < 4.78 is 7.73. The standard InChI is InChI=1S/C15H22ClNO2/c1-9-7-14(15(18)10(2)16)12(4)17(9)11(3)13-5-6-19-8-13/h7,10-11,13H,5-6,8H2,1-4H3. The third-order valence-corrected chi connectivity index (χ3v) is 4.36. The Kier molecular flexibility index (Phi) is 4.36. The van der Waals surface area contributed by atoms with Gasteiger partial charge in [-0.05, 0) is 40.2 Å². The summed E-state index contributed by atoms with van der Waals surface area (Å²) in [4.78, 5) is 12.1. The molecule has 1 aromatic heterocycles. The number of aromatic nitrogens is 1. The second-order valence-corrected chi connectivity index (χ2v) is 6.15. The van der Waals surface area contributed by atoms with Gasteiger partial charge in [-0.1, -0.05) is 0 Å². The van der Waals surface area contributed by atoms with Crippen molar-refractivity contribution in [2.75, 3.05) is 13.2 Å². The summed E-state index contributed by atoms with van der Waals surface area (Å²) >= 11 is 5.92. The largest absolute Gasteiger partial charge is 0.381 e. The van der Waals surface area contributed by atoms with E-state index < -0.39 is 5.38 Å². The average Bonchev–Trinajstić information content (AvgIpc) is 2.96. The number of carbonyl (C=O) groups is 1. The van der Waals surface area contributed by atoms with E-state index >= 15 is 0 Å². The molecular formula is C15H22ClNO2. The molecule has 1 aliphatic heterocycles. The highest BCUT2D eigenvalue weighted by Gasteiger charge is 2.27. The molecule has 0 N–H and O–H groups in total. The molecule has 3 atom stereocenters. The fourth-order valence-electron chi connectivity index (χ4n) is 3.01. The molecule has 0 amide bonds. The zero-order valence-electron chi connectivity index (χ0n) is 12.1. The van der Waals surface area contributed by atoms with Crippen LogP contribution in [0.15, 0.2) is 6.07 Å². The molecule has 2 heterocycles. The molecule has 0 aromatic carbocycles. The number of Topliss-reactive ketones (excluding diaryl/α,β-unsaturated/α-hetero) is 1. The number of hydrogen-bond acceptors (Lipinski definition) is 2. The predicted molar refractivity (Wildman–Crippen MR) is 77.2 cm³/mol. The van der Waals surface area contributed by atoms with Crippen molar-refractivity contribution in [3.63, 3.8) is 0 Å². The SMILES string of the molecule is Cc1cc(C(=O)C(C)Cl)c(C)n1C(C)C1CCOC1. The summed E-state index contributed by atoms with van der Waals surface area (Å²) in [5, 5.41) is -0.473. The number of rotatable bonds is 4. The van der Waals surface area contributed by atoms with Gasteiger partial charge >= 0.3 is 0 Å². The Balaban J connectivity index is 2.33. The normalized spacial score (nSPS) is 22.5. The zero-order chi connectivity index (χ0) is 14.2. The Morgan fingerprint density at radius 2 is 2.16 bits per heavy atom. The molecule has 106 valence electrons. The van der Waals surface area contributed by atoms with Gasteiger partial charge in [0.2, 0.25) is 0 Å². The van der Waals surface area contributed by atoms with E-state index in [4.69, 9.17) is 16.3 Å². The summed E-state index contributed by atoms with van der Waals surface area (Å²) in [7, 11) is 0. The molecule has 1 saturated heterocycles. The molecule has 0 aliphatic carbocycles. The number of carbonyl (C=O) groups excluding carboxylic acids is 1. The van der Waals surface area contributed by atoms with Crippen LogP contribution < -0.4 is 0 Å². The molecule has 0 saturated carbocycles. The molecule has 19 heavy (non-hydrogen) atoms. The Hall–Kier alpha value is -0.800. The fourth-order valence-corrected chi connectivity index (χ4v) is 3.13. The van der Waals surface area contributed by atoms with E-state index in [-0.39, 0.29) is 5.78 Å². The lowest BCUT2D eigenvalue weighted by atomic mass is 10.00. The van der Waals surface area contributed by atoms with E-state index in [1.165, 1.54) is 0 Å². The molecule has 3 nitrogen and oxygen atoms in total. The molecule has 0 spiro atoms. The van der Waals surface area contributed by atoms with Gasteiger partial charge in [0, 0.05) is 35.5 Å². The van der Waals surface area contributed by atoms with Crippen molar-refractivity contribution in [2.24, 2.45) is 5.92 Å². The highest BCUT2D eigenvalue weighted by atomic mass is 35.5. The number of ketones is 1. The highest BCUT2D eigenvalue weighted by molar-refractivity contribution is 6.33. The van der Waals surface area contributed by atoms with E-state index in [1.54, 1.807) is 6.92 Å². The minimum absolute atomic E-state index is 0.0101. The van der Waals surface area contributed by atoms with Crippen molar-refractivity contribution in [3.05, 3.63) is 23.0 Å². The van der Waals surface area contributed by atoms with Crippen LogP contribution in [0.4, 0.5) is 0 Å². The van der Waals surface area contributed by atoms with Crippen LogP contribution in [0, 0.1) is 19.8 Å². The second kappa shape index (κ2) is 5.68. The average molecular weight is 284 g/mol. The predicted octanol–water partition coefficient (Wildman–Crippen LogP) is 3.51. The van der Waals surface area contributed by atoms with Crippen LogP contribution in [-0.4, -0.2) is 28.9 Å². The molecule has 3 unspecified atom stereocenters. The number of halogens is 1. The summed E-state index contributed by atoms with van der Waals surface area (Å²) in [5.41, 5.74) is 2.90. The number of aryl methyl sites for hydroxylation is 1. The summed E-state index contributed by atoms with van der Waals surface area (Å²) in [6, 6.07) is 2.32. The van der Waals surface area contributed by atoms with Crippen LogP contribution in [-0.2, 0) is 4.74 Å². The van der Waals surface area contributed by atoms with Crippen molar-refractivity contribution in [1.29, 1.82) is 0 Å². The van der Waals surface area contributed by atoms with E-state index in [1.807, 2.05) is 13.0 Å². The quantitative estimate of drug-likeness (QED) is 0.625. The van der Waals surface area contributed by atoms with Crippen molar-refractivity contribution in [3.8, 4) is 0 Å². The molecule has 1 aliphatic rings. The minimum Gasteiger partial charge on any atom is -0.381 e. The van der Waals surface area contributed by atoms with E-state index in [0.29, 0.717) is 12.0 Å². The summed E-state index contributed by atoms with van der Waals surface area (Å²) in [6.45, 7) is 9.65. The zero-order valence-corrected chi connectivity index (χ0v) is 12.8. The van der Waals surface area contributed by atoms with Crippen molar-refractivity contribution < 1.29 is 9.53 Å². The maximum Gasteiger partial charge on any atom is 0.182 e. The summed E-state index contributed by atoms with van der Waals surface area (Å²) in [6.07, 6.45) is 1.09. The van der Waals surface area contributed by atoms with Crippen molar-refractivity contribution in [1.82, 2.24) is 4.57 Å². The van der Waals surface area contributed by atoms with Gasteiger partial charge < -0.3 is 9.30 Å². The Labute approximate surface area is 119 Å². The Bertz CT molecular complexity index is 473. The van der Waals surface area contributed by atoms with E-state index in [2.05, 4.69) is 18.4 Å². The van der Waals surface area contributed by atoms with Gasteiger partial charge in [-0.15, -0.1) is 11.6 Å². The van der Waals surface area contributed by atoms with Crippen molar-refractivity contribution >= 4 is 17.4 Å². The van der Waals surface area contributed by atoms with Gasteiger partial charge in [0.15, 0.2) is 5.78 Å². The first-order valence-corrected chi connectivity index (χ1v) is 7.31. The van der Waals surface area contributed by atoms with Gasteiger partial charge in [-0.2, -0.15) is 0 Å². The molecule has 1 fully saturated rings. The van der Waals surface area contributed by atoms with Crippen LogP contribution >= 0.6 is 11.6 Å². The molecule has 1 aromatic rings. The number of hydrogen-bond donors (Lipinski definition) is 0. The maximum atomic E-state index is 12.1. The Morgan fingerprint density at radius 1 is 1.47 bits per heavy atom. The lowest BCUT2D eigenvalue weighted by molar-refractivity contribution is 0.0991. The van der Waals surface area contributed by atoms with Gasteiger partial charge in [0.25, 0.3) is 0 Å². The first-order chi connectivity index (χ1) is 8.93. The first-order valence-electron chi connectivity index (χ1n) is 6.88. The molecule has 0 radical (unpaired) electrons. The molecular weight excluding hydrogens is 262 g/mol. The van der Waals surface area contributed by atoms with Crippen LogP contribution in [0.1, 0.15) is 48.1 Å². The molecule has 0 bridgehead atoms. The summed E-state index contributed by atoms with van der Waals surface area (Å²) in [5.74, 6) is 0.539. The number of nitrogens with zero attached hydrogens (tertiary/aromatic N) is 1. The van der Waals surface area contributed by atoms with Gasteiger partial charge in [-0.25, -0.2) is 0 Å². The lowest BCUT2D eigenvalue weighted by Gasteiger charge is -2.23. The smallest absolute Gasteiger partial charge is 0.182 e. The van der Waals surface area contributed by atoms with Crippen LogP contribution in [0.5, 0.6) is 0 Å². The fraction of sp³-hybridized carbons (Fsp3) is 0.667. The Morgan fingerprint density at radius 3 is 2.68 bits per heavy atom. The molecule has 4 heteroatoms. The maximum absolute atomic E-state index is 12.1.